The third-order valence-electron chi connectivity index (χ3n) is 2.96. The van der Waals surface area contributed by atoms with Crippen molar-refractivity contribution >= 4 is 34.8 Å². The van der Waals surface area contributed by atoms with Crippen LogP contribution >= 0.6 is 23.2 Å². The minimum Gasteiger partial charge on any atom is -0.380 e. The van der Waals surface area contributed by atoms with E-state index in [9.17, 15) is 14.9 Å². The molecule has 1 aliphatic rings. The van der Waals surface area contributed by atoms with E-state index in [1.54, 1.807) is 4.90 Å². The molecule has 0 aliphatic carbocycles. The fourth-order valence-electron chi connectivity index (χ4n) is 1.96. The molecule has 0 atom stereocenters. The summed E-state index contributed by atoms with van der Waals surface area (Å²) in [6, 6.07) is 2.51. The van der Waals surface area contributed by atoms with Crippen LogP contribution in [0, 0.1) is 10.1 Å². The fraction of sp³-hybridized carbons (Fsp3) is 0.417. The van der Waals surface area contributed by atoms with E-state index >= 15 is 0 Å². The number of ether oxygens (including phenoxy) is 1. The van der Waals surface area contributed by atoms with E-state index in [1.165, 1.54) is 6.07 Å². The number of nitro groups is 1. The van der Waals surface area contributed by atoms with Crippen LogP contribution in [-0.4, -0.2) is 42.0 Å². The zero-order chi connectivity index (χ0) is 14.7. The lowest BCUT2D eigenvalue weighted by Crippen LogP contribution is -2.33. The Balaban J connectivity index is 2.31. The normalized spacial score (nSPS) is 15.8. The predicted octanol–water partition coefficient (Wildman–Crippen LogP) is 2.76. The lowest BCUT2D eigenvalue weighted by atomic mass is 10.1. The zero-order valence-corrected chi connectivity index (χ0v) is 12.0. The van der Waals surface area contributed by atoms with E-state index in [1.807, 2.05) is 0 Å². The summed E-state index contributed by atoms with van der Waals surface area (Å²) in [6.45, 7) is 2.06. The Morgan fingerprint density at radius 1 is 1.30 bits per heavy atom. The van der Waals surface area contributed by atoms with Gasteiger partial charge < -0.3 is 9.64 Å². The zero-order valence-electron chi connectivity index (χ0n) is 10.5. The van der Waals surface area contributed by atoms with Gasteiger partial charge in [0.25, 0.3) is 11.6 Å². The summed E-state index contributed by atoms with van der Waals surface area (Å²) in [5.74, 6) is -0.308. The molecule has 0 bridgehead atoms. The molecular formula is C12H12Cl2N2O4. The number of carbonyl (C=O) groups excluding carboxylic acids is 1. The van der Waals surface area contributed by atoms with E-state index < -0.39 is 4.92 Å². The molecule has 6 nitrogen and oxygen atoms in total. The van der Waals surface area contributed by atoms with Gasteiger partial charge in [-0.3, -0.25) is 14.9 Å². The molecule has 20 heavy (non-hydrogen) atoms. The Morgan fingerprint density at radius 2 is 2.05 bits per heavy atom. The van der Waals surface area contributed by atoms with Crippen LogP contribution in [0.5, 0.6) is 0 Å². The van der Waals surface area contributed by atoms with Crippen LogP contribution in [0.2, 0.25) is 10.0 Å². The van der Waals surface area contributed by atoms with Gasteiger partial charge in [0.15, 0.2) is 0 Å². The van der Waals surface area contributed by atoms with Gasteiger partial charge in [0.2, 0.25) is 0 Å². The van der Waals surface area contributed by atoms with E-state index in [0.29, 0.717) is 26.3 Å². The molecule has 0 N–H and O–H groups in total. The van der Waals surface area contributed by atoms with Crippen molar-refractivity contribution in [1.82, 2.24) is 4.90 Å². The molecule has 8 heteroatoms. The number of amides is 1. The highest BCUT2D eigenvalue weighted by Gasteiger charge is 2.23. The summed E-state index contributed by atoms with van der Waals surface area (Å²) >= 11 is 11.6. The van der Waals surface area contributed by atoms with Crippen LogP contribution in [0.25, 0.3) is 0 Å². The van der Waals surface area contributed by atoms with Crippen LogP contribution < -0.4 is 0 Å². The minimum absolute atomic E-state index is 0.00436. The Hall–Kier alpha value is -1.37. The second-order valence-corrected chi connectivity index (χ2v) is 5.09. The highest BCUT2D eigenvalue weighted by atomic mass is 35.5. The first kappa shape index (κ1) is 15.0. The Morgan fingerprint density at radius 3 is 2.75 bits per heavy atom. The smallest absolute Gasteiger partial charge is 0.290 e. The maximum Gasteiger partial charge on any atom is 0.290 e. The first-order valence-electron chi connectivity index (χ1n) is 6.01. The van der Waals surface area contributed by atoms with Crippen molar-refractivity contribution in [3.05, 3.63) is 37.9 Å². The number of nitro benzene ring substituents is 1. The van der Waals surface area contributed by atoms with Gasteiger partial charge in [-0.15, -0.1) is 0 Å². The highest BCUT2D eigenvalue weighted by Crippen LogP contribution is 2.33. The molecule has 108 valence electrons. The van der Waals surface area contributed by atoms with Gasteiger partial charge >= 0.3 is 0 Å². The number of hydrogen-bond donors (Lipinski definition) is 0. The SMILES string of the molecule is O=C(c1cc(Cl)c(Cl)c([N+](=O)[O-])c1)N1CCCOCC1. The van der Waals surface area contributed by atoms with E-state index in [0.717, 1.165) is 12.5 Å². The molecule has 1 aromatic rings. The summed E-state index contributed by atoms with van der Waals surface area (Å²) in [5.41, 5.74) is -0.207. The molecule has 1 heterocycles. The second-order valence-electron chi connectivity index (χ2n) is 4.31. The van der Waals surface area contributed by atoms with Crippen molar-refractivity contribution in [2.75, 3.05) is 26.3 Å². The Labute approximate surface area is 125 Å². The van der Waals surface area contributed by atoms with Gasteiger partial charge in [0, 0.05) is 31.3 Å². The van der Waals surface area contributed by atoms with Crippen LogP contribution in [0.3, 0.4) is 0 Å². The monoisotopic (exact) mass is 318 g/mol. The lowest BCUT2D eigenvalue weighted by Gasteiger charge is -2.19. The first-order chi connectivity index (χ1) is 9.50. The topological polar surface area (TPSA) is 72.7 Å². The molecule has 0 aromatic heterocycles. The quantitative estimate of drug-likeness (QED) is 0.621. The maximum absolute atomic E-state index is 12.3. The molecule has 0 unspecified atom stereocenters. The summed E-state index contributed by atoms with van der Waals surface area (Å²) < 4.78 is 5.27. The van der Waals surface area contributed by atoms with Crippen molar-refractivity contribution in [3.8, 4) is 0 Å². The minimum atomic E-state index is -0.656. The van der Waals surface area contributed by atoms with Gasteiger partial charge in [0.05, 0.1) is 16.6 Å². The molecule has 1 aromatic carbocycles. The molecule has 1 fully saturated rings. The van der Waals surface area contributed by atoms with Gasteiger partial charge in [-0.05, 0) is 12.5 Å². The molecule has 0 saturated carbocycles. The summed E-state index contributed by atoms with van der Waals surface area (Å²) in [5, 5.41) is 10.7. The molecule has 1 saturated heterocycles. The van der Waals surface area contributed by atoms with Gasteiger partial charge in [-0.25, -0.2) is 0 Å². The first-order valence-corrected chi connectivity index (χ1v) is 6.76. The van der Waals surface area contributed by atoms with Gasteiger partial charge in [-0.1, -0.05) is 23.2 Å². The molecule has 2 rings (SSSR count). The van der Waals surface area contributed by atoms with Gasteiger partial charge in [0.1, 0.15) is 5.02 Å². The van der Waals surface area contributed by atoms with E-state index in [-0.39, 0.29) is 27.2 Å². The van der Waals surface area contributed by atoms with Crippen molar-refractivity contribution in [3.63, 3.8) is 0 Å². The lowest BCUT2D eigenvalue weighted by molar-refractivity contribution is -0.384. The Bertz CT molecular complexity index is 543. The van der Waals surface area contributed by atoms with Gasteiger partial charge in [-0.2, -0.15) is 0 Å². The average Bonchev–Trinajstić information content (AvgIpc) is 2.69. The third-order valence-corrected chi connectivity index (χ3v) is 3.75. The largest absolute Gasteiger partial charge is 0.380 e. The van der Waals surface area contributed by atoms with E-state index in [4.69, 9.17) is 27.9 Å². The summed E-state index contributed by atoms with van der Waals surface area (Å²) in [7, 11) is 0. The average molecular weight is 319 g/mol. The fourth-order valence-corrected chi connectivity index (χ4v) is 2.36. The Kier molecular flexibility index (Phi) is 4.80. The number of nitrogens with zero attached hydrogens (tertiary/aromatic N) is 2. The van der Waals surface area contributed by atoms with Crippen molar-refractivity contribution in [2.24, 2.45) is 0 Å². The molecule has 0 spiro atoms. The number of halogens is 2. The predicted molar refractivity (Wildman–Crippen MR) is 74.5 cm³/mol. The second kappa shape index (κ2) is 6.39. The summed E-state index contributed by atoms with van der Waals surface area (Å²) in [4.78, 5) is 24.2. The van der Waals surface area contributed by atoms with Crippen LogP contribution in [0.15, 0.2) is 12.1 Å². The number of benzene rings is 1. The maximum atomic E-state index is 12.3. The van der Waals surface area contributed by atoms with Crippen LogP contribution in [-0.2, 0) is 4.74 Å². The van der Waals surface area contributed by atoms with Crippen LogP contribution in [0.1, 0.15) is 16.8 Å². The summed E-state index contributed by atoms with van der Waals surface area (Å²) in [6.07, 6.45) is 0.731. The molecule has 0 radical (unpaired) electrons. The molecule has 1 aliphatic heterocycles. The van der Waals surface area contributed by atoms with Crippen molar-refractivity contribution in [1.29, 1.82) is 0 Å². The third kappa shape index (κ3) is 3.20. The number of hydrogen-bond acceptors (Lipinski definition) is 4. The number of rotatable bonds is 2. The van der Waals surface area contributed by atoms with Crippen molar-refractivity contribution < 1.29 is 14.5 Å². The van der Waals surface area contributed by atoms with E-state index in [2.05, 4.69) is 0 Å². The molecule has 1 amide bonds. The number of carbonyl (C=O) groups is 1. The highest BCUT2D eigenvalue weighted by molar-refractivity contribution is 6.43. The van der Waals surface area contributed by atoms with Crippen molar-refractivity contribution in [2.45, 2.75) is 6.42 Å². The molecular weight excluding hydrogens is 307 g/mol. The standard InChI is InChI=1S/C12H12Cl2N2O4/c13-9-6-8(7-10(11(9)14)16(18)19)12(17)15-2-1-4-20-5-3-15/h6-7H,1-5H2. The van der Waals surface area contributed by atoms with Crippen LogP contribution in [0.4, 0.5) is 5.69 Å².